The smallest absolute Gasteiger partial charge is 0.127 e. The summed E-state index contributed by atoms with van der Waals surface area (Å²) >= 11 is 3.43. The second-order valence-electron chi connectivity index (χ2n) is 6.19. The molecule has 1 heterocycles. The van der Waals surface area contributed by atoms with Gasteiger partial charge >= 0.3 is 0 Å². The first kappa shape index (κ1) is 19.3. The minimum atomic E-state index is 0. The van der Waals surface area contributed by atoms with Gasteiger partial charge in [0.15, 0.2) is 0 Å². The van der Waals surface area contributed by atoms with E-state index in [2.05, 4.69) is 45.3 Å². The second-order valence-corrected chi connectivity index (χ2v) is 7.11. The zero-order valence-corrected chi connectivity index (χ0v) is 16.3. The van der Waals surface area contributed by atoms with Crippen LogP contribution in [0, 0.1) is 0 Å². The molecule has 0 radical (unpaired) electrons. The van der Waals surface area contributed by atoms with E-state index in [4.69, 9.17) is 4.74 Å². The Morgan fingerprint density at radius 2 is 1.71 bits per heavy atom. The SMILES string of the molecule is CN(Cc1ccc(Oc2ccc(Br)cc2)cc1)CC1CCCN1.Cl. The number of hydrogen-bond donors (Lipinski definition) is 1. The number of halogens is 2. The van der Waals surface area contributed by atoms with Crippen LogP contribution in [0.25, 0.3) is 0 Å². The van der Waals surface area contributed by atoms with E-state index in [1.165, 1.54) is 24.9 Å². The number of likely N-dealkylation sites (N-methyl/N-ethyl adjacent to an activating group) is 1. The highest BCUT2D eigenvalue weighted by atomic mass is 79.9. The molecule has 1 unspecified atom stereocenters. The molecule has 1 aliphatic rings. The Bertz CT molecular complexity index is 612. The van der Waals surface area contributed by atoms with Gasteiger partial charge in [0.2, 0.25) is 0 Å². The molecular formula is C19H24BrClN2O. The maximum absolute atomic E-state index is 5.86. The highest BCUT2D eigenvalue weighted by molar-refractivity contribution is 9.10. The molecule has 1 aliphatic heterocycles. The summed E-state index contributed by atoms with van der Waals surface area (Å²) in [7, 11) is 2.19. The summed E-state index contributed by atoms with van der Waals surface area (Å²) in [6.07, 6.45) is 2.60. The molecule has 5 heteroatoms. The number of rotatable bonds is 6. The first-order valence-electron chi connectivity index (χ1n) is 8.13. The van der Waals surface area contributed by atoms with Gasteiger partial charge in [0.1, 0.15) is 11.5 Å². The minimum absolute atomic E-state index is 0. The van der Waals surface area contributed by atoms with Gasteiger partial charge in [0, 0.05) is 23.6 Å². The van der Waals surface area contributed by atoms with Crippen LogP contribution in [0.1, 0.15) is 18.4 Å². The molecule has 1 fully saturated rings. The van der Waals surface area contributed by atoms with Crippen molar-refractivity contribution in [2.45, 2.75) is 25.4 Å². The summed E-state index contributed by atoms with van der Waals surface area (Å²) in [6, 6.07) is 16.9. The van der Waals surface area contributed by atoms with Crippen LogP contribution in [0.5, 0.6) is 11.5 Å². The van der Waals surface area contributed by atoms with Crippen LogP contribution < -0.4 is 10.1 Å². The molecule has 3 nitrogen and oxygen atoms in total. The van der Waals surface area contributed by atoms with E-state index in [-0.39, 0.29) is 12.4 Å². The van der Waals surface area contributed by atoms with Crippen molar-refractivity contribution in [1.82, 2.24) is 10.2 Å². The Hall–Kier alpha value is -1.07. The number of nitrogens with zero attached hydrogens (tertiary/aromatic N) is 1. The van der Waals surface area contributed by atoms with Crippen LogP contribution in [0.15, 0.2) is 53.0 Å². The zero-order valence-electron chi connectivity index (χ0n) is 13.9. The lowest BCUT2D eigenvalue weighted by Gasteiger charge is -2.21. The van der Waals surface area contributed by atoms with Crippen LogP contribution in [-0.4, -0.2) is 31.1 Å². The van der Waals surface area contributed by atoms with Crippen LogP contribution in [0.3, 0.4) is 0 Å². The largest absolute Gasteiger partial charge is 0.457 e. The van der Waals surface area contributed by atoms with Crippen LogP contribution in [-0.2, 0) is 6.54 Å². The van der Waals surface area contributed by atoms with Crippen LogP contribution >= 0.6 is 28.3 Å². The molecule has 24 heavy (non-hydrogen) atoms. The van der Waals surface area contributed by atoms with E-state index >= 15 is 0 Å². The maximum atomic E-state index is 5.86. The molecule has 0 aliphatic carbocycles. The fraction of sp³-hybridized carbons (Fsp3) is 0.368. The molecule has 0 bridgehead atoms. The van der Waals surface area contributed by atoms with Gasteiger partial charge in [-0.2, -0.15) is 0 Å². The number of hydrogen-bond acceptors (Lipinski definition) is 3. The van der Waals surface area contributed by atoms with Gasteiger partial charge < -0.3 is 15.0 Å². The summed E-state index contributed by atoms with van der Waals surface area (Å²) in [5.74, 6) is 1.72. The summed E-state index contributed by atoms with van der Waals surface area (Å²) in [5, 5.41) is 3.55. The highest BCUT2D eigenvalue weighted by Crippen LogP contribution is 2.23. The van der Waals surface area contributed by atoms with E-state index in [1.54, 1.807) is 0 Å². The second kappa shape index (κ2) is 9.42. The van der Waals surface area contributed by atoms with E-state index in [0.717, 1.165) is 29.1 Å². The zero-order chi connectivity index (χ0) is 16.1. The lowest BCUT2D eigenvalue weighted by atomic mass is 10.2. The van der Waals surface area contributed by atoms with E-state index in [1.807, 2.05) is 36.4 Å². The Labute approximate surface area is 158 Å². The predicted octanol–water partition coefficient (Wildman–Crippen LogP) is 4.85. The average molecular weight is 412 g/mol. The third-order valence-corrected chi connectivity index (χ3v) is 4.65. The maximum Gasteiger partial charge on any atom is 0.127 e. The Morgan fingerprint density at radius 1 is 1.08 bits per heavy atom. The van der Waals surface area contributed by atoms with Crippen LogP contribution in [0.4, 0.5) is 0 Å². The van der Waals surface area contributed by atoms with Gasteiger partial charge in [0.05, 0.1) is 0 Å². The van der Waals surface area contributed by atoms with Crippen molar-refractivity contribution >= 4 is 28.3 Å². The monoisotopic (exact) mass is 410 g/mol. The van der Waals surface area contributed by atoms with Gasteiger partial charge in [-0.25, -0.2) is 0 Å². The first-order valence-corrected chi connectivity index (χ1v) is 8.92. The molecule has 0 saturated carbocycles. The van der Waals surface area contributed by atoms with Crippen LogP contribution in [0.2, 0.25) is 0 Å². The van der Waals surface area contributed by atoms with Crippen molar-refractivity contribution < 1.29 is 4.74 Å². The Morgan fingerprint density at radius 3 is 2.29 bits per heavy atom. The number of nitrogens with one attached hydrogen (secondary N) is 1. The summed E-state index contributed by atoms with van der Waals surface area (Å²) < 4.78 is 6.91. The van der Waals surface area contributed by atoms with Gasteiger partial charge in [-0.1, -0.05) is 28.1 Å². The highest BCUT2D eigenvalue weighted by Gasteiger charge is 2.15. The van der Waals surface area contributed by atoms with Crippen molar-refractivity contribution in [3.05, 3.63) is 58.6 Å². The fourth-order valence-corrected chi connectivity index (χ4v) is 3.23. The molecule has 130 valence electrons. The van der Waals surface area contributed by atoms with Gasteiger partial charge in [-0.15, -0.1) is 12.4 Å². The Kier molecular flexibility index (Phi) is 7.56. The normalized spacial score (nSPS) is 16.9. The predicted molar refractivity (Wildman–Crippen MR) is 105 cm³/mol. The van der Waals surface area contributed by atoms with Gasteiger partial charge in [-0.05, 0) is 68.4 Å². The van der Waals surface area contributed by atoms with E-state index in [9.17, 15) is 0 Å². The van der Waals surface area contributed by atoms with Crippen molar-refractivity contribution in [3.8, 4) is 11.5 Å². The molecule has 1 N–H and O–H groups in total. The van der Waals surface area contributed by atoms with Crippen molar-refractivity contribution in [2.75, 3.05) is 20.1 Å². The number of ether oxygens (including phenoxy) is 1. The third-order valence-electron chi connectivity index (χ3n) is 4.12. The summed E-state index contributed by atoms with van der Waals surface area (Å²) in [6.45, 7) is 3.24. The van der Waals surface area contributed by atoms with E-state index in [0.29, 0.717) is 6.04 Å². The molecule has 0 aromatic heterocycles. The van der Waals surface area contributed by atoms with Crippen molar-refractivity contribution in [3.63, 3.8) is 0 Å². The molecule has 2 aromatic rings. The van der Waals surface area contributed by atoms with Gasteiger partial charge in [0.25, 0.3) is 0 Å². The minimum Gasteiger partial charge on any atom is -0.457 e. The summed E-state index contributed by atoms with van der Waals surface area (Å²) in [5.41, 5.74) is 1.31. The van der Waals surface area contributed by atoms with E-state index < -0.39 is 0 Å². The molecule has 0 amide bonds. The first-order chi connectivity index (χ1) is 11.2. The third kappa shape index (κ3) is 5.78. The molecule has 0 spiro atoms. The number of benzene rings is 2. The summed E-state index contributed by atoms with van der Waals surface area (Å²) in [4.78, 5) is 2.38. The lowest BCUT2D eigenvalue weighted by Crippen LogP contribution is -2.34. The average Bonchev–Trinajstić information content (AvgIpc) is 3.04. The lowest BCUT2D eigenvalue weighted by molar-refractivity contribution is 0.293. The van der Waals surface area contributed by atoms with Crippen molar-refractivity contribution in [1.29, 1.82) is 0 Å². The Balaban J connectivity index is 0.00000208. The van der Waals surface area contributed by atoms with Crippen molar-refractivity contribution in [2.24, 2.45) is 0 Å². The molecular weight excluding hydrogens is 388 g/mol. The quantitative estimate of drug-likeness (QED) is 0.735. The molecule has 2 aromatic carbocycles. The topological polar surface area (TPSA) is 24.5 Å². The van der Waals surface area contributed by atoms with Gasteiger partial charge in [-0.3, -0.25) is 0 Å². The molecule has 1 saturated heterocycles. The molecule has 3 rings (SSSR count). The standard InChI is InChI=1S/C19H23BrN2O.ClH/c1-22(14-17-3-2-12-21-17)13-15-4-8-18(9-5-15)23-19-10-6-16(20)7-11-19;/h4-11,17,21H,2-3,12-14H2,1H3;1H. The fourth-order valence-electron chi connectivity index (χ4n) is 2.97. The molecule has 1 atom stereocenters.